The zero-order chi connectivity index (χ0) is 26.5. The van der Waals surface area contributed by atoms with E-state index in [0.717, 1.165) is 42.1 Å². The van der Waals surface area contributed by atoms with Crippen molar-refractivity contribution in [1.82, 2.24) is 14.8 Å². The number of rotatable bonds is 6. The van der Waals surface area contributed by atoms with Gasteiger partial charge in [-0.15, -0.1) is 0 Å². The summed E-state index contributed by atoms with van der Waals surface area (Å²) in [5.74, 6) is 0.633. The van der Waals surface area contributed by atoms with Crippen LogP contribution in [0, 0.1) is 0 Å². The van der Waals surface area contributed by atoms with Gasteiger partial charge in [0.2, 0.25) is 5.88 Å². The Kier molecular flexibility index (Phi) is 5.98. The number of nitrogens with one attached hydrogen (secondary N) is 1. The monoisotopic (exact) mass is 530 g/mol. The molecule has 2 aliphatic rings. The van der Waals surface area contributed by atoms with Crippen molar-refractivity contribution in [3.8, 4) is 5.88 Å². The number of ether oxygens (including phenoxy) is 1. The Hall–Kier alpha value is -3.72. The molecule has 1 aliphatic carbocycles. The quantitative estimate of drug-likeness (QED) is 0.326. The summed E-state index contributed by atoms with van der Waals surface area (Å²) in [5, 5.41) is 9.09. The number of hydrogen-bond acceptors (Lipinski definition) is 7. The van der Waals surface area contributed by atoms with E-state index in [2.05, 4.69) is 15.0 Å². The number of ketones is 1. The van der Waals surface area contributed by atoms with Gasteiger partial charge in [-0.25, -0.2) is 13.4 Å². The Balaban J connectivity index is 1.42. The molecule has 0 spiro atoms. The molecule has 2 aromatic heterocycles. The van der Waals surface area contributed by atoms with Gasteiger partial charge >= 0.3 is 0 Å². The molecule has 1 saturated carbocycles. The van der Waals surface area contributed by atoms with Crippen LogP contribution in [-0.2, 0) is 16.4 Å². The molecule has 1 fully saturated rings. The summed E-state index contributed by atoms with van der Waals surface area (Å²) in [7, 11) is -3.74. The fourth-order valence-corrected chi connectivity index (χ4v) is 7.05. The summed E-state index contributed by atoms with van der Waals surface area (Å²) < 4.78 is 32.6. The van der Waals surface area contributed by atoms with Gasteiger partial charge in [-0.3, -0.25) is 9.48 Å². The number of pyridine rings is 1. The van der Waals surface area contributed by atoms with Gasteiger partial charge in [-0.05, 0) is 56.5 Å². The number of benzene rings is 2. The van der Waals surface area contributed by atoms with Crippen molar-refractivity contribution in [3.05, 3.63) is 71.9 Å². The molecular formula is C29H30N4O4S. The minimum Gasteiger partial charge on any atom is -0.472 e. The van der Waals surface area contributed by atoms with E-state index in [4.69, 9.17) is 9.84 Å². The number of hydrogen-bond donors (Lipinski definition) is 1. The Morgan fingerprint density at radius 1 is 1.05 bits per heavy atom. The number of Topliss-reactive ketones (excluding diaryl/α,β-unsaturated/α-hetero) is 1. The van der Waals surface area contributed by atoms with Crippen LogP contribution in [0.3, 0.4) is 0 Å². The number of anilines is 2. The van der Waals surface area contributed by atoms with E-state index in [1.54, 1.807) is 18.3 Å². The Morgan fingerprint density at radius 3 is 2.58 bits per heavy atom. The third-order valence-electron chi connectivity index (χ3n) is 7.72. The zero-order valence-electron chi connectivity index (χ0n) is 21.5. The predicted octanol–water partition coefficient (Wildman–Crippen LogP) is 6.01. The molecule has 4 aromatic rings. The van der Waals surface area contributed by atoms with Gasteiger partial charge < -0.3 is 10.1 Å². The summed E-state index contributed by atoms with van der Waals surface area (Å²) in [6.45, 7) is 3.28. The van der Waals surface area contributed by atoms with Crippen molar-refractivity contribution in [2.75, 3.05) is 5.32 Å². The van der Waals surface area contributed by atoms with Crippen molar-refractivity contribution in [3.63, 3.8) is 0 Å². The van der Waals surface area contributed by atoms with E-state index >= 15 is 0 Å². The molecule has 9 heteroatoms. The lowest BCUT2D eigenvalue weighted by Gasteiger charge is -2.22. The van der Waals surface area contributed by atoms with Crippen LogP contribution in [0.4, 0.5) is 11.5 Å². The standard InChI is InChI=1S/C29H30N4O4S/c1-29(2)26(34)22-17-20(13-14-24(22)38(29,35)36)31-27-25-23(33(32-27)21-11-7-4-8-12-21)15-16-30-28(25)37-18-19-9-5-3-6-10-19/h3,5-6,9-10,13-17,21H,4,7-8,11-12,18H2,1-2H3,(H,31,32). The van der Waals surface area contributed by atoms with Gasteiger partial charge in [0, 0.05) is 17.4 Å². The van der Waals surface area contributed by atoms with Gasteiger partial charge in [0.25, 0.3) is 0 Å². The first-order valence-electron chi connectivity index (χ1n) is 13.0. The lowest BCUT2D eigenvalue weighted by atomic mass is 9.95. The summed E-state index contributed by atoms with van der Waals surface area (Å²) in [6, 6.07) is 16.9. The third-order valence-corrected chi connectivity index (χ3v) is 10.2. The maximum absolute atomic E-state index is 13.0. The summed E-state index contributed by atoms with van der Waals surface area (Å²) >= 11 is 0. The second-order valence-electron chi connectivity index (χ2n) is 10.5. The number of carbonyl (C=O) groups excluding carboxylic acids is 1. The van der Waals surface area contributed by atoms with Crippen molar-refractivity contribution in [1.29, 1.82) is 0 Å². The van der Waals surface area contributed by atoms with E-state index in [1.165, 1.54) is 26.3 Å². The van der Waals surface area contributed by atoms with E-state index in [-0.39, 0.29) is 16.5 Å². The molecule has 0 amide bonds. The highest BCUT2D eigenvalue weighted by Crippen LogP contribution is 2.41. The van der Waals surface area contributed by atoms with Gasteiger partial charge in [0.05, 0.1) is 16.5 Å². The maximum atomic E-state index is 13.0. The van der Waals surface area contributed by atoms with Crippen molar-refractivity contribution >= 4 is 38.0 Å². The fraction of sp³-hybridized carbons (Fsp3) is 0.345. The zero-order valence-corrected chi connectivity index (χ0v) is 22.3. The minimum atomic E-state index is -3.74. The summed E-state index contributed by atoms with van der Waals surface area (Å²) in [5.41, 5.74) is 2.74. The van der Waals surface area contributed by atoms with Crippen molar-refractivity contribution < 1.29 is 17.9 Å². The van der Waals surface area contributed by atoms with Crippen LogP contribution >= 0.6 is 0 Å². The Morgan fingerprint density at radius 2 is 1.82 bits per heavy atom. The predicted molar refractivity (Wildman–Crippen MR) is 146 cm³/mol. The van der Waals surface area contributed by atoms with Gasteiger partial charge in [0.15, 0.2) is 21.4 Å². The van der Waals surface area contributed by atoms with E-state index in [0.29, 0.717) is 24.0 Å². The van der Waals surface area contributed by atoms with Crippen LogP contribution in [0.5, 0.6) is 5.88 Å². The number of nitrogens with zero attached hydrogens (tertiary/aromatic N) is 3. The first-order chi connectivity index (χ1) is 18.3. The summed E-state index contributed by atoms with van der Waals surface area (Å²) in [6.07, 6.45) is 7.41. The lowest BCUT2D eigenvalue weighted by Crippen LogP contribution is -2.33. The lowest BCUT2D eigenvalue weighted by molar-refractivity contribution is 0.0959. The molecule has 0 bridgehead atoms. The molecule has 2 aromatic carbocycles. The number of aromatic nitrogens is 3. The smallest absolute Gasteiger partial charge is 0.227 e. The third kappa shape index (κ3) is 3.96. The number of sulfone groups is 1. The highest BCUT2D eigenvalue weighted by molar-refractivity contribution is 7.94. The molecular weight excluding hydrogens is 500 g/mol. The second kappa shape index (κ2) is 9.23. The van der Waals surface area contributed by atoms with Crippen LogP contribution in [-0.4, -0.2) is 33.7 Å². The van der Waals surface area contributed by atoms with Crippen LogP contribution in [0.25, 0.3) is 10.9 Å². The SMILES string of the molecule is CC1(C)C(=O)c2cc(Nc3nn(C4CCCCC4)c4ccnc(OCc5ccccc5)c34)ccc2S1(=O)=O. The van der Waals surface area contributed by atoms with Crippen molar-refractivity contribution in [2.45, 2.75) is 68.2 Å². The normalized spacial score (nSPS) is 18.4. The Labute approximate surface area is 222 Å². The van der Waals surface area contributed by atoms with Crippen LogP contribution in [0.2, 0.25) is 0 Å². The molecule has 0 unspecified atom stereocenters. The average molecular weight is 531 g/mol. The summed E-state index contributed by atoms with van der Waals surface area (Å²) in [4.78, 5) is 17.6. The largest absolute Gasteiger partial charge is 0.472 e. The van der Waals surface area contributed by atoms with E-state index in [1.807, 2.05) is 36.4 Å². The fourth-order valence-electron chi connectivity index (χ4n) is 5.46. The topological polar surface area (TPSA) is 103 Å². The molecule has 3 heterocycles. The van der Waals surface area contributed by atoms with Crippen LogP contribution in [0.1, 0.15) is 67.9 Å². The first kappa shape index (κ1) is 24.6. The van der Waals surface area contributed by atoms with E-state index in [9.17, 15) is 13.2 Å². The molecule has 8 nitrogen and oxygen atoms in total. The molecule has 1 aliphatic heterocycles. The second-order valence-corrected chi connectivity index (χ2v) is 13.0. The number of fused-ring (bicyclic) bond motifs is 2. The van der Waals surface area contributed by atoms with Gasteiger partial charge in [-0.2, -0.15) is 5.10 Å². The molecule has 1 N–H and O–H groups in total. The minimum absolute atomic E-state index is 0.0733. The molecule has 196 valence electrons. The molecule has 38 heavy (non-hydrogen) atoms. The molecule has 6 rings (SSSR count). The molecule has 0 atom stereocenters. The Bertz CT molecular complexity index is 1640. The van der Waals surface area contributed by atoms with Gasteiger partial charge in [-0.1, -0.05) is 49.6 Å². The number of carbonyl (C=O) groups is 1. The maximum Gasteiger partial charge on any atom is 0.227 e. The molecule has 0 radical (unpaired) electrons. The molecule has 0 saturated heterocycles. The highest BCUT2D eigenvalue weighted by Gasteiger charge is 2.51. The average Bonchev–Trinajstić information content (AvgIpc) is 3.36. The van der Waals surface area contributed by atoms with E-state index < -0.39 is 20.4 Å². The van der Waals surface area contributed by atoms with Crippen molar-refractivity contribution in [2.24, 2.45) is 0 Å². The van der Waals surface area contributed by atoms with Gasteiger partial charge in [0.1, 0.15) is 16.7 Å². The van der Waals surface area contributed by atoms with Crippen LogP contribution in [0.15, 0.2) is 65.7 Å². The first-order valence-corrected chi connectivity index (χ1v) is 14.5. The highest BCUT2D eigenvalue weighted by atomic mass is 32.2. The van der Waals surface area contributed by atoms with Crippen LogP contribution < -0.4 is 10.1 Å².